The molecule has 0 amide bonds. The van der Waals surface area contributed by atoms with E-state index >= 15 is 0 Å². The lowest BCUT2D eigenvalue weighted by molar-refractivity contribution is 0.430. The van der Waals surface area contributed by atoms with Crippen LogP contribution in [-0.2, 0) is 5.54 Å². The second-order valence-electron chi connectivity index (χ2n) is 6.66. The normalized spacial score (nSPS) is 20.9. The van der Waals surface area contributed by atoms with Crippen LogP contribution in [0.1, 0.15) is 29.2 Å². The topological polar surface area (TPSA) is 61.1 Å². The highest BCUT2D eigenvalue weighted by atomic mass is 19.1. The van der Waals surface area contributed by atoms with Crippen LogP contribution in [0, 0.1) is 23.1 Å². The minimum Gasteiger partial charge on any atom is -0.354 e. The third-order valence-corrected chi connectivity index (χ3v) is 5.01. The van der Waals surface area contributed by atoms with E-state index in [0.717, 1.165) is 11.1 Å². The number of benzene rings is 2. The van der Waals surface area contributed by atoms with Crippen molar-refractivity contribution in [1.82, 2.24) is 10.3 Å². The summed E-state index contributed by atoms with van der Waals surface area (Å²) in [6.45, 7) is 1.93. The molecule has 2 atom stereocenters. The van der Waals surface area contributed by atoms with Crippen molar-refractivity contribution in [3.05, 3.63) is 101 Å². The number of aliphatic imine (C=N–C) groups is 1. The van der Waals surface area contributed by atoms with Gasteiger partial charge in [-0.3, -0.25) is 4.99 Å². The predicted molar refractivity (Wildman–Crippen MR) is 102 cm³/mol. The Hall–Kier alpha value is -3.59. The zero-order valence-corrected chi connectivity index (χ0v) is 15.0. The van der Waals surface area contributed by atoms with Gasteiger partial charge in [0.1, 0.15) is 17.2 Å². The first-order valence-corrected chi connectivity index (χ1v) is 8.77. The summed E-state index contributed by atoms with van der Waals surface area (Å²) >= 11 is 0. The Labute approximate surface area is 161 Å². The van der Waals surface area contributed by atoms with Gasteiger partial charge in [0.15, 0.2) is 0 Å². The zero-order valence-electron chi connectivity index (χ0n) is 15.0. The molecular weight excluding hydrogens is 358 g/mol. The molecule has 2 heterocycles. The molecule has 138 valence electrons. The number of hydrogen-bond acceptors (Lipinski definition) is 4. The fraction of sp³-hybridized carbons (Fsp3) is 0.136. The number of hydrogen-bond donors (Lipinski definition) is 1. The summed E-state index contributed by atoms with van der Waals surface area (Å²) in [6.07, 6.45) is 1.46. The summed E-state index contributed by atoms with van der Waals surface area (Å²) in [5, 5.41) is 12.6. The largest absolute Gasteiger partial charge is 0.354 e. The molecule has 0 bridgehead atoms. The molecule has 0 spiro atoms. The molecule has 0 saturated heterocycles. The lowest BCUT2D eigenvalue weighted by atomic mass is 9.79. The SMILES string of the molecule is C[C@@H]1N=C(c2cccc(C#N)c2)N[C@@]1(c1ccc(F)cc1)c1ccc(F)nc1. The van der Waals surface area contributed by atoms with Crippen molar-refractivity contribution in [2.45, 2.75) is 18.5 Å². The molecule has 1 aliphatic rings. The van der Waals surface area contributed by atoms with Crippen LogP contribution in [0.3, 0.4) is 0 Å². The molecule has 0 aliphatic carbocycles. The van der Waals surface area contributed by atoms with Crippen LogP contribution in [0.5, 0.6) is 0 Å². The van der Waals surface area contributed by atoms with Gasteiger partial charge in [-0.05, 0) is 42.8 Å². The minimum absolute atomic E-state index is 0.286. The standard InChI is InChI=1S/C22H16F2N4/c1-14-22(17-5-8-19(23)9-6-17,18-7-10-20(24)26-13-18)28-21(27-14)16-4-2-3-15(11-16)12-25/h2-11,13-14H,1H3,(H,27,28)/t14-,22-/m0/s1. The first-order valence-electron chi connectivity index (χ1n) is 8.77. The van der Waals surface area contributed by atoms with Crippen LogP contribution in [0.25, 0.3) is 0 Å². The maximum atomic E-state index is 13.5. The average molecular weight is 374 g/mol. The van der Waals surface area contributed by atoms with Gasteiger partial charge >= 0.3 is 0 Å². The summed E-state index contributed by atoms with van der Waals surface area (Å²) in [5.74, 6) is -0.311. The second-order valence-corrected chi connectivity index (χ2v) is 6.66. The monoisotopic (exact) mass is 374 g/mol. The number of aromatic nitrogens is 1. The van der Waals surface area contributed by atoms with E-state index in [4.69, 9.17) is 4.99 Å². The number of amidine groups is 1. The smallest absolute Gasteiger partial charge is 0.212 e. The van der Waals surface area contributed by atoms with Gasteiger partial charge < -0.3 is 5.32 Å². The molecule has 0 unspecified atom stereocenters. The zero-order chi connectivity index (χ0) is 19.7. The molecule has 1 N–H and O–H groups in total. The summed E-state index contributed by atoms with van der Waals surface area (Å²) in [5.41, 5.74) is 1.95. The van der Waals surface area contributed by atoms with E-state index in [0.29, 0.717) is 17.0 Å². The van der Waals surface area contributed by atoms with Crippen molar-refractivity contribution < 1.29 is 8.78 Å². The number of nitrogens with one attached hydrogen (secondary N) is 1. The van der Waals surface area contributed by atoms with Gasteiger partial charge in [-0.1, -0.05) is 30.3 Å². The molecule has 1 aromatic heterocycles. The van der Waals surface area contributed by atoms with Crippen molar-refractivity contribution in [3.63, 3.8) is 0 Å². The molecule has 0 saturated carbocycles. The number of nitrogens with zero attached hydrogens (tertiary/aromatic N) is 3. The third kappa shape index (κ3) is 2.91. The van der Waals surface area contributed by atoms with Crippen LogP contribution < -0.4 is 5.32 Å². The van der Waals surface area contributed by atoms with Crippen LogP contribution in [0.15, 0.2) is 71.9 Å². The van der Waals surface area contributed by atoms with E-state index < -0.39 is 11.5 Å². The Morgan fingerprint density at radius 3 is 2.46 bits per heavy atom. The molecule has 4 nitrogen and oxygen atoms in total. The molecule has 2 aromatic carbocycles. The van der Waals surface area contributed by atoms with E-state index in [1.165, 1.54) is 24.4 Å². The molecule has 0 radical (unpaired) electrons. The van der Waals surface area contributed by atoms with Crippen LogP contribution >= 0.6 is 0 Å². The Bertz CT molecular complexity index is 1040. The maximum Gasteiger partial charge on any atom is 0.212 e. The van der Waals surface area contributed by atoms with Crippen molar-refractivity contribution in [2.24, 2.45) is 4.99 Å². The number of halogens is 2. The third-order valence-electron chi connectivity index (χ3n) is 5.01. The average Bonchev–Trinajstić information content (AvgIpc) is 3.07. The van der Waals surface area contributed by atoms with E-state index in [-0.39, 0.29) is 11.9 Å². The van der Waals surface area contributed by atoms with Gasteiger partial charge in [-0.25, -0.2) is 9.37 Å². The van der Waals surface area contributed by atoms with Crippen LogP contribution in [0.2, 0.25) is 0 Å². The predicted octanol–water partition coefficient (Wildman–Crippen LogP) is 3.91. The first kappa shape index (κ1) is 17.8. The van der Waals surface area contributed by atoms with E-state index in [9.17, 15) is 14.0 Å². The summed E-state index contributed by atoms with van der Waals surface area (Å²) in [6, 6.07) is 18.1. The lowest BCUT2D eigenvalue weighted by Gasteiger charge is -2.34. The second kappa shape index (κ2) is 6.86. The van der Waals surface area contributed by atoms with Crippen LogP contribution in [-0.4, -0.2) is 16.9 Å². The molecule has 4 rings (SSSR count). The molecule has 3 aromatic rings. The number of rotatable bonds is 3. The Kier molecular flexibility index (Phi) is 4.36. The lowest BCUT2D eigenvalue weighted by Crippen LogP contribution is -2.48. The molecule has 28 heavy (non-hydrogen) atoms. The van der Waals surface area contributed by atoms with Crippen molar-refractivity contribution in [1.29, 1.82) is 5.26 Å². The quantitative estimate of drug-likeness (QED) is 0.707. The molecule has 0 fully saturated rings. The fourth-order valence-electron chi connectivity index (χ4n) is 3.61. The Balaban J connectivity index is 1.84. The molecule has 1 aliphatic heterocycles. The van der Waals surface area contributed by atoms with Crippen LogP contribution in [0.4, 0.5) is 8.78 Å². The Morgan fingerprint density at radius 1 is 1.04 bits per heavy atom. The number of pyridine rings is 1. The number of nitriles is 1. The minimum atomic E-state index is -0.841. The molecular formula is C22H16F2N4. The maximum absolute atomic E-state index is 13.5. The Morgan fingerprint density at radius 2 is 1.79 bits per heavy atom. The van der Waals surface area contributed by atoms with Crippen molar-refractivity contribution in [3.8, 4) is 6.07 Å². The summed E-state index contributed by atoms with van der Waals surface area (Å²) in [7, 11) is 0. The fourth-order valence-corrected chi connectivity index (χ4v) is 3.61. The highest BCUT2D eigenvalue weighted by Crippen LogP contribution is 2.38. The molecule has 6 heteroatoms. The van der Waals surface area contributed by atoms with Crippen molar-refractivity contribution in [2.75, 3.05) is 0 Å². The van der Waals surface area contributed by atoms with E-state index in [1.807, 2.05) is 13.0 Å². The van der Waals surface area contributed by atoms with Gasteiger partial charge in [0, 0.05) is 17.3 Å². The van der Waals surface area contributed by atoms with E-state index in [1.54, 1.807) is 36.4 Å². The van der Waals surface area contributed by atoms with Gasteiger partial charge in [0.25, 0.3) is 0 Å². The van der Waals surface area contributed by atoms with E-state index in [2.05, 4.69) is 16.4 Å². The van der Waals surface area contributed by atoms with Gasteiger partial charge in [0.2, 0.25) is 5.95 Å². The van der Waals surface area contributed by atoms with Crippen molar-refractivity contribution >= 4 is 5.84 Å². The highest BCUT2D eigenvalue weighted by Gasteiger charge is 2.45. The summed E-state index contributed by atoms with van der Waals surface area (Å²) in [4.78, 5) is 8.56. The first-order chi connectivity index (χ1) is 13.5. The van der Waals surface area contributed by atoms with Gasteiger partial charge in [0.05, 0.1) is 17.7 Å². The van der Waals surface area contributed by atoms with Gasteiger partial charge in [-0.2, -0.15) is 9.65 Å². The summed E-state index contributed by atoms with van der Waals surface area (Å²) < 4.78 is 27.0. The van der Waals surface area contributed by atoms with Gasteiger partial charge in [-0.15, -0.1) is 0 Å². The highest BCUT2D eigenvalue weighted by molar-refractivity contribution is 6.01.